The van der Waals surface area contributed by atoms with Gasteiger partial charge in [0.25, 0.3) is 0 Å². The number of rotatable bonds is 10. The number of hydrogen-bond donors (Lipinski definition) is 2. The van der Waals surface area contributed by atoms with Crippen molar-refractivity contribution in [3.8, 4) is 22.3 Å². The quantitative estimate of drug-likeness (QED) is 0.131. The summed E-state index contributed by atoms with van der Waals surface area (Å²) in [5.74, 6) is 2.09. The summed E-state index contributed by atoms with van der Waals surface area (Å²) >= 11 is 5.99. The van der Waals surface area contributed by atoms with Gasteiger partial charge in [-0.2, -0.15) is 0 Å². The van der Waals surface area contributed by atoms with E-state index in [9.17, 15) is 0 Å². The molecule has 4 aromatic heterocycles. The Morgan fingerprint density at radius 2 is 0.648 bits per heavy atom. The molecule has 432 valence electrons. The van der Waals surface area contributed by atoms with E-state index in [1.165, 1.54) is 55.6 Å². The molecule has 0 aliphatic carbocycles. The largest absolute Gasteiger partial charge is 0.384 e. The Kier molecular flexibility index (Phi) is 17.7. The van der Waals surface area contributed by atoms with Crippen molar-refractivity contribution in [1.82, 2.24) is 19.9 Å². The molecule has 0 aliphatic rings. The van der Waals surface area contributed by atoms with E-state index in [1.807, 2.05) is 97.1 Å². The fourth-order valence-corrected chi connectivity index (χ4v) is 12.0. The van der Waals surface area contributed by atoms with E-state index in [0.29, 0.717) is 11.0 Å². The lowest BCUT2D eigenvalue weighted by Crippen LogP contribution is -2.09. The molecule has 0 radical (unpaired) electrons. The van der Waals surface area contributed by atoms with Gasteiger partial charge in [0, 0.05) is 55.7 Å². The maximum Gasteiger partial charge on any atom is 0.132 e. The lowest BCUT2D eigenvalue weighted by Gasteiger charge is -2.25. The number of nitrogen functional groups attached to an aromatic ring is 1. The second kappa shape index (κ2) is 26.3. The Morgan fingerprint density at radius 3 is 1.05 bits per heavy atom. The molecule has 0 atom stereocenters. The lowest BCUT2D eigenvalue weighted by molar-refractivity contribution is 1.28. The first-order valence-corrected chi connectivity index (χ1v) is 29.5. The van der Waals surface area contributed by atoms with E-state index in [2.05, 4.69) is 236 Å². The van der Waals surface area contributed by atoms with Crippen molar-refractivity contribution < 1.29 is 0 Å². The van der Waals surface area contributed by atoms with Gasteiger partial charge in [0.2, 0.25) is 0 Å². The molecule has 0 fully saturated rings. The Labute approximate surface area is 521 Å². The minimum atomic E-state index is 0. The predicted octanol–water partition coefficient (Wildman–Crippen LogP) is 22.0. The van der Waals surface area contributed by atoms with E-state index >= 15 is 0 Å². The fraction of sp³-hybridized carbons (Fsp3) is 0.0886. The van der Waals surface area contributed by atoms with E-state index in [1.54, 1.807) is 0 Å². The van der Waals surface area contributed by atoms with Crippen LogP contribution in [-0.2, 0) is 0 Å². The third-order valence-electron chi connectivity index (χ3n) is 15.5. The molecule has 14 rings (SSSR count). The average Bonchev–Trinajstić information content (AvgIpc) is 2.46. The molecule has 8 nitrogen and oxygen atoms in total. The van der Waals surface area contributed by atoms with Gasteiger partial charge < -0.3 is 20.9 Å². The summed E-state index contributed by atoms with van der Waals surface area (Å²) in [5, 5.41) is 8.30. The topological polar surface area (TPSA) is 96.1 Å². The molecule has 3 N–H and O–H groups in total. The van der Waals surface area contributed by atoms with Crippen LogP contribution in [0, 0.1) is 41.5 Å². The Morgan fingerprint density at radius 1 is 0.318 bits per heavy atom. The highest BCUT2D eigenvalue weighted by Crippen LogP contribution is 2.39. The zero-order valence-corrected chi connectivity index (χ0v) is 50.3. The van der Waals surface area contributed by atoms with Crippen LogP contribution < -0.4 is 20.9 Å². The number of anilines is 9. The minimum absolute atomic E-state index is 0. The van der Waals surface area contributed by atoms with Crippen LogP contribution in [0.1, 0.15) is 40.8 Å². The monoisotopic (exact) mass is 1160 g/mol. The van der Waals surface area contributed by atoms with Crippen LogP contribution in [0.2, 0.25) is 5.15 Å². The van der Waals surface area contributed by atoms with Gasteiger partial charge in [0.1, 0.15) is 22.6 Å². The molecule has 0 saturated heterocycles. The van der Waals surface area contributed by atoms with Crippen molar-refractivity contribution >= 4 is 107 Å². The summed E-state index contributed by atoms with van der Waals surface area (Å²) in [6.45, 7) is 13.0. The summed E-state index contributed by atoms with van der Waals surface area (Å²) in [6, 6.07) is 92.0. The number of aromatic nitrogens is 4. The van der Waals surface area contributed by atoms with Crippen LogP contribution in [0.15, 0.2) is 267 Å². The van der Waals surface area contributed by atoms with E-state index in [0.717, 1.165) is 89.4 Å². The van der Waals surface area contributed by atoms with Crippen LogP contribution in [-0.4, -0.2) is 19.9 Å². The summed E-state index contributed by atoms with van der Waals surface area (Å²) < 4.78 is 0. The van der Waals surface area contributed by atoms with Gasteiger partial charge in [0.05, 0.1) is 22.1 Å². The molecule has 0 bridgehead atoms. The highest BCUT2D eigenvalue weighted by molar-refractivity contribution is 6.29. The molecule has 14 aromatic rings. The van der Waals surface area contributed by atoms with E-state index in [4.69, 9.17) is 27.3 Å². The summed E-state index contributed by atoms with van der Waals surface area (Å²) in [6.07, 6.45) is 0. The fourth-order valence-electron chi connectivity index (χ4n) is 11.8. The molecule has 4 heterocycles. The normalized spacial score (nSPS) is 10.9. The minimum Gasteiger partial charge on any atom is -0.384 e. The van der Waals surface area contributed by atoms with Crippen LogP contribution in [0.25, 0.3) is 65.9 Å². The molecule has 0 saturated carbocycles. The van der Waals surface area contributed by atoms with Crippen LogP contribution in [0.3, 0.4) is 0 Å². The molecule has 10 aromatic carbocycles. The van der Waals surface area contributed by atoms with Crippen molar-refractivity contribution in [3.63, 3.8) is 0 Å². The highest BCUT2D eigenvalue weighted by atomic mass is 35.5. The molecule has 9 heteroatoms. The van der Waals surface area contributed by atoms with Crippen molar-refractivity contribution in [2.75, 3.05) is 20.9 Å². The number of para-hydroxylation sites is 4. The number of halogens is 1. The molecule has 0 aliphatic heterocycles. The Hall–Kier alpha value is -10.7. The Balaban J connectivity index is 0.000000150. The van der Waals surface area contributed by atoms with Gasteiger partial charge in [-0.25, -0.2) is 19.9 Å². The number of nitrogens with two attached hydrogens (primary N) is 1. The third-order valence-corrected chi connectivity index (χ3v) is 15.7. The van der Waals surface area contributed by atoms with E-state index in [-0.39, 0.29) is 7.43 Å². The summed E-state index contributed by atoms with van der Waals surface area (Å²) in [7, 11) is 0. The zero-order chi connectivity index (χ0) is 60.0. The number of fused-ring (bicyclic) bond motifs is 4. The zero-order valence-electron chi connectivity index (χ0n) is 49.5. The molecule has 0 unspecified atom stereocenters. The van der Waals surface area contributed by atoms with E-state index < -0.39 is 0 Å². The average molecular weight is 1170 g/mol. The number of hydrogen-bond acceptors (Lipinski definition) is 8. The summed E-state index contributed by atoms with van der Waals surface area (Å²) in [4.78, 5) is 23.0. The maximum atomic E-state index is 5.99. The summed E-state index contributed by atoms with van der Waals surface area (Å²) in [5.41, 5.74) is 28.9. The predicted molar refractivity (Wildman–Crippen MR) is 375 cm³/mol. The van der Waals surface area contributed by atoms with Gasteiger partial charge in [-0.05, 0) is 244 Å². The second-order valence-electron chi connectivity index (χ2n) is 22.0. The first-order chi connectivity index (χ1) is 42.4. The van der Waals surface area contributed by atoms with Crippen LogP contribution in [0.4, 0.5) is 51.6 Å². The second-order valence-corrected chi connectivity index (χ2v) is 22.4. The first kappa shape index (κ1) is 59.1. The van der Waals surface area contributed by atoms with Gasteiger partial charge >= 0.3 is 0 Å². The standard InChI is InChI=1S/C39H32N4.C21H15ClN2.C18H18N2.CH4/c1-26-22-27(2)39(28(3)23-26)31-14-18-35-29(24-31)15-20-37(40-35)42-38-21-16-30-25-34(17-19-36(30)41-38)43(32-10-6-4-7-11-32)33-12-8-5-9-13-33;22-21-14-11-16-15-19(12-13-20(16)23-21)24(17-7-3-1-4-8-17)18-9-5-2-6-10-18;1-11-8-12(2)18(13(3)9-11)15-4-6-16-14(10-15)5-7-17(19)20-16;/h4-25H,1-3H3,(H,40,41,42);1-15H;4-10H,1-3H3,(H2,19,20);1H4. The van der Waals surface area contributed by atoms with Crippen LogP contribution >= 0.6 is 11.6 Å². The van der Waals surface area contributed by atoms with Crippen molar-refractivity contribution in [2.45, 2.75) is 49.0 Å². The van der Waals surface area contributed by atoms with Gasteiger partial charge in [0.15, 0.2) is 0 Å². The van der Waals surface area contributed by atoms with Gasteiger partial charge in [-0.3, -0.25) is 0 Å². The highest BCUT2D eigenvalue weighted by Gasteiger charge is 2.16. The number of benzene rings is 10. The van der Waals surface area contributed by atoms with Crippen molar-refractivity contribution in [2.24, 2.45) is 0 Å². The SMILES string of the molecule is C.Cc1cc(C)c(-c2ccc3nc(N)ccc3c2)c(C)c1.Cc1cc(C)c(-c2ccc3nc(Nc4ccc5cc(N(c6ccccc6)c6ccccc6)ccc5n4)ccc3c2)c(C)c1.Clc1ccc2cc(N(c3ccccc3)c3ccccc3)ccc2n1. The van der Waals surface area contributed by atoms with Gasteiger partial charge in [-0.1, -0.05) is 139 Å². The number of nitrogens with one attached hydrogen (secondary N) is 1. The third kappa shape index (κ3) is 13.2. The molecule has 0 amide bonds. The van der Waals surface area contributed by atoms with Crippen LogP contribution in [0.5, 0.6) is 0 Å². The smallest absolute Gasteiger partial charge is 0.132 e. The van der Waals surface area contributed by atoms with Crippen molar-refractivity contribution in [1.29, 1.82) is 0 Å². The number of nitrogens with zero attached hydrogens (tertiary/aromatic N) is 6. The first-order valence-electron chi connectivity index (χ1n) is 29.2. The lowest BCUT2D eigenvalue weighted by atomic mass is 9.93. The number of pyridine rings is 4. The number of aryl methyl sites for hydroxylation is 6. The maximum absolute atomic E-state index is 5.99. The molecular weight excluding hydrogens is 1100 g/mol. The molecule has 0 spiro atoms. The Bertz CT molecular complexity index is 4640. The molecule has 88 heavy (non-hydrogen) atoms. The molecular formula is C79H69ClN8. The van der Waals surface area contributed by atoms with Crippen molar-refractivity contribution in [3.05, 3.63) is 305 Å². The van der Waals surface area contributed by atoms with Gasteiger partial charge in [-0.15, -0.1) is 0 Å².